The van der Waals surface area contributed by atoms with Crippen molar-refractivity contribution in [3.8, 4) is 16.9 Å². The third kappa shape index (κ3) is 37.4. The Morgan fingerprint density at radius 3 is 1.35 bits per heavy atom. The molecule has 1 aliphatic rings. The molecule has 44 nitrogen and oxygen atoms in total. The first-order valence-corrected chi connectivity index (χ1v) is 48.8. The van der Waals surface area contributed by atoms with Crippen molar-refractivity contribution in [1.82, 2.24) is 95.0 Å². The fourth-order valence-electron chi connectivity index (χ4n) is 16.0. The topological polar surface area (TPSA) is 714 Å². The minimum atomic E-state index is -2.09. The molecule has 6 aromatic carbocycles. The van der Waals surface area contributed by atoms with Gasteiger partial charge < -0.3 is 133 Å². The quantitative estimate of drug-likeness (QED) is 0.0130. The normalized spacial score (nSPS) is 22.2. The van der Waals surface area contributed by atoms with Gasteiger partial charge in [0.2, 0.25) is 94.5 Å². The van der Waals surface area contributed by atoms with Gasteiger partial charge in [0.15, 0.2) is 11.9 Å². The van der Waals surface area contributed by atoms with Gasteiger partial charge in [0.25, 0.3) is 0 Å². The second-order valence-electron chi connectivity index (χ2n) is 36.4. The molecular weight excluding hydrogens is 1890 g/mol. The summed E-state index contributed by atoms with van der Waals surface area (Å²) >= 11 is 0.702. The summed E-state index contributed by atoms with van der Waals surface area (Å²) in [6.07, 6.45) is -2.11. The van der Waals surface area contributed by atoms with Crippen molar-refractivity contribution >= 4 is 135 Å². The Labute approximate surface area is 843 Å². The van der Waals surface area contributed by atoms with Crippen LogP contribution >= 0.6 is 11.8 Å². The number of para-hydroxylation sites is 1. The van der Waals surface area contributed by atoms with Gasteiger partial charge in [-0.3, -0.25) is 92.3 Å². The van der Waals surface area contributed by atoms with Gasteiger partial charge in [0.1, 0.15) is 90.3 Å². The number of phenols is 1. The molecule has 1 aliphatic heterocycles. The molecule has 780 valence electrons. The summed E-state index contributed by atoms with van der Waals surface area (Å²) in [7, 11) is 1.27. The average Bonchev–Trinajstić information content (AvgIpc) is 1.75. The molecule has 0 unspecified atom stereocenters. The van der Waals surface area contributed by atoms with Crippen LogP contribution in [-0.2, 0) is 114 Å². The van der Waals surface area contributed by atoms with Crippen molar-refractivity contribution in [1.29, 1.82) is 10.8 Å². The zero-order valence-corrected chi connectivity index (χ0v) is 82.7. The Kier molecular flexibility index (Phi) is 45.5. The molecule has 0 radical (unpaired) electrons. The fraction of sp³-hybridized carbons (Fsp3) is 0.430. The number of aromatic amines is 1. The van der Waals surface area contributed by atoms with Crippen LogP contribution in [0.1, 0.15) is 114 Å². The molecule has 145 heavy (non-hydrogen) atoms. The Bertz CT molecular complexity index is 5630. The summed E-state index contributed by atoms with van der Waals surface area (Å²) in [4.78, 5) is 255. The number of nitrogens with zero attached hydrogens (tertiary/aromatic N) is 1. The first-order valence-electron chi connectivity index (χ1n) is 47.7. The third-order valence-electron chi connectivity index (χ3n) is 23.8. The van der Waals surface area contributed by atoms with E-state index >= 15 is 47.9 Å². The number of benzene rings is 6. The van der Waals surface area contributed by atoms with Crippen LogP contribution in [0.4, 0.5) is 0 Å². The average molecular weight is 2020 g/mol. The molecule has 14 atom stereocenters. The summed E-state index contributed by atoms with van der Waals surface area (Å²) in [5.74, 6) is -22.4. The molecule has 1 fully saturated rings. The number of likely N-dealkylation sites (N-methyl/N-ethyl adjacent to an activating group) is 1. The minimum Gasteiger partial charge on any atom is -0.508 e. The van der Waals surface area contributed by atoms with Gasteiger partial charge >= 0.3 is 5.97 Å². The minimum absolute atomic E-state index is 0.00257. The number of hydrogen-bond acceptors (Lipinski definition) is 23. The van der Waals surface area contributed by atoms with E-state index in [1.807, 2.05) is 30.3 Å². The molecule has 16 amide bonds. The summed E-state index contributed by atoms with van der Waals surface area (Å²) in [5.41, 5.74) is 27.3. The number of hydrogen-bond donors (Lipinski definition) is 26. The largest absolute Gasteiger partial charge is 0.508 e. The first-order chi connectivity index (χ1) is 69.1. The molecular formula is C100H134N24O20S. The van der Waals surface area contributed by atoms with Crippen molar-refractivity contribution in [2.45, 2.75) is 203 Å². The van der Waals surface area contributed by atoms with Gasteiger partial charge in [0, 0.05) is 75.1 Å². The number of fused-ring (bicyclic) bond motifs is 1. The lowest BCUT2D eigenvalue weighted by Crippen LogP contribution is -2.62. The number of carbonyl (C=O) groups excluding carboxylic acids is 16. The third-order valence-corrected chi connectivity index (χ3v) is 24.8. The number of carboxylic acid groups (broad SMARTS) is 1. The van der Waals surface area contributed by atoms with E-state index in [0.29, 0.717) is 44.9 Å². The van der Waals surface area contributed by atoms with Crippen molar-refractivity contribution < 1.29 is 96.8 Å². The number of carbonyl (C=O) groups is 17. The molecule has 0 aliphatic carbocycles. The smallest absolute Gasteiger partial charge is 0.305 e. The zero-order chi connectivity index (χ0) is 106. The van der Waals surface area contributed by atoms with E-state index in [1.165, 1.54) is 45.2 Å². The molecule has 1 saturated heterocycles. The van der Waals surface area contributed by atoms with E-state index in [-0.39, 0.29) is 101 Å². The number of phenolic OH excluding ortho intramolecular Hbond substituents is 1. The molecule has 7 aromatic rings. The van der Waals surface area contributed by atoms with Crippen LogP contribution in [0.25, 0.3) is 22.0 Å². The highest BCUT2D eigenvalue weighted by atomic mass is 32.2. The number of amides is 16. The number of aliphatic hydroxyl groups is 1. The van der Waals surface area contributed by atoms with Gasteiger partial charge in [-0.15, -0.1) is 11.8 Å². The number of aliphatic hydroxyl groups excluding tert-OH is 1. The van der Waals surface area contributed by atoms with Gasteiger partial charge in [0.05, 0.1) is 25.3 Å². The molecule has 1 aromatic heterocycles. The fourth-order valence-corrected chi connectivity index (χ4v) is 16.8. The number of rotatable bonds is 31. The first kappa shape index (κ1) is 115. The van der Waals surface area contributed by atoms with E-state index in [1.54, 1.807) is 143 Å². The number of H-pyrrole nitrogens is 1. The lowest BCUT2D eigenvalue weighted by Gasteiger charge is -2.33. The highest BCUT2D eigenvalue weighted by molar-refractivity contribution is 8.00. The van der Waals surface area contributed by atoms with Crippen LogP contribution in [-0.4, -0.2) is 274 Å². The van der Waals surface area contributed by atoms with Crippen LogP contribution in [0.2, 0.25) is 0 Å². The van der Waals surface area contributed by atoms with Crippen molar-refractivity contribution in [3.05, 3.63) is 198 Å². The second kappa shape index (κ2) is 57.5. The van der Waals surface area contributed by atoms with Gasteiger partial charge in [-0.25, -0.2) is 0 Å². The Balaban J connectivity index is 1.24. The van der Waals surface area contributed by atoms with Crippen LogP contribution in [0.3, 0.4) is 0 Å². The number of thioether (sulfide) groups is 1. The van der Waals surface area contributed by atoms with Gasteiger partial charge in [-0.2, -0.15) is 0 Å². The van der Waals surface area contributed by atoms with E-state index in [4.69, 9.17) is 33.8 Å². The van der Waals surface area contributed by atoms with E-state index in [0.717, 1.165) is 16.0 Å². The predicted molar refractivity (Wildman–Crippen MR) is 541 cm³/mol. The lowest BCUT2D eigenvalue weighted by molar-refractivity contribution is -0.143. The number of aromatic hydroxyl groups is 1. The summed E-state index contributed by atoms with van der Waals surface area (Å²) in [5, 5.41) is 90.0. The van der Waals surface area contributed by atoms with Gasteiger partial charge in [-0.1, -0.05) is 187 Å². The molecule has 2 heterocycles. The number of nitrogens with two attached hydrogens (primary N) is 4. The van der Waals surface area contributed by atoms with Crippen molar-refractivity contribution in [3.63, 3.8) is 0 Å². The number of aromatic nitrogens is 1. The standard InChI is InChI=1S/C100H134N24O20S/c1-55(2)43-71-92(138)122-84(57(5)6)97(143)120-77(52-125)94(140)121-78(85(131)110-51-80(102)127)53-145-54-81(128)111-72(44-58-21-11-8-12-22-58)88(134)116-73(46-61-33-37-65(126)38-34-61)90(136)118-76(49-82(129)130)91(137)117-75(48-64-50-109-67-28-18-17-27-66(64)67)93(139)123-83(56(3)4)96(142)119-74(45-60-31-35-63(36-32-60)62-25-15-10-16-26-62)89(135)112-68(29-19-41-107-99(103)104)86(132)114-70(39-40-101)98(144)124(7)79(47-59-23-13-9-14-24-59)95(141)113-69(87(133)115-71)30-20-42-108-100(105)106/h8-18,21-28,31-38,50,55-57,68-79,83-84,109,125-126H,19-20,29-30,39-49,51-54,101H2,1-7H3,(H2,102,127)(H,110,131)(H,111,128)(H,112,135)(H,113,141)(H,114,132)(H,115,133)(H,116,134)(H,117,137)(H,118,136)(H,119,142)(H,120,143)(H,121,140)(H,122,138)(H,123,139)(H,129,130)(H4,103,104,107)(H4,105,106,108)/t68-,69-,70-,71-,72-,73-,74-,75-,76-,77-,78-,79-,83-,84-/m0/s1. The molecule has 30 N–H and O–H groups in total. The molecule has 45 heteroatoms. The summed E-state index contributed by atoms with van der Waals surface area (Å²) < 4.78 is 0. The second-order valence-corrected chi connectivity index (χ2v) is 37.4. The zero-order valence-electron chi connectivity index (χ0n) is 81.9. The summed E-state index contributed by atoms with van der Waals surface area (Å²) in [6, 6.07) is 21.6. The van der Waals surface area contributed by atoms with E-state index in [2.05, 4.69) is 90.1 Å². The number of carboxylic acids is 1. The van der Waals surface area contributed by atoms with E-state index in [9.17, 15) is 48.9 Å². The maximum atomic E-state index is 15.6. The van der Waals surface area contributed by atoms with Crippen LogP contribution in [0, 0.1) is 28.6 Å². The lowest BCUT2D eigenvalue weighted by atomic mass is 9.98. The molecule has 8 rings (SSSR count). The molecule has 0 bridgehead atoms. The summed E-state index contributed by atoms with van der Waals surface area (Å²) in [6.45, 7) is 7.39. The van der Waals surface area contributed by atoms with Gasteiger partial charge in [-0.05, 0) is 120 Å². The highest BCUT2D eigenvalue weighted by Crippen LogP contribution is 2.25. The Morgan fingerprint density at radius 2 is 0.848 bits per heavy atom. The number of primary amides is 1. The number of guanidine groups is 2. The Morgan fingerprint density at radius 1 is 0.441 bits per heavy atom. The Hall–Kier alpha value is -15.5. The van der Waals surface area contributed by atoms with Crippen LogP contribution in [0.15, 0.2) is 170 Å². The maximum Gasteiger partial charge on any atom is 0.305 e. The van der Waals surface area contributed by atoms with Crippen LogP contribution in [0.5, 0.6) is 5.75 Å². The van der Waals surface area contributed by atoms with Crippen molar-refractivity contribution in [2.75, 3.05) is 51.3 Å². The molecule has 0 saturated carbocycles. The SMILES string of the molecule is CC(C)C[C@@H]1NC(=O)[C@H](CCCNC(=N)N)NC(=O)[C@H](Cc2ccccc2)N(C)C(=O)[C@H](CCN)NC(=O)[C@H](CCCNC(=N)N)NC(=O)[C@H](Cc2ccc(-c3ccccc3)cc2)NC(=O)[C@H](C(C)C)NC(=O)[C@H](Cc2c[nH]c3ccccc23)NC(=O)[C@H](CC(=O)O)NC(=O)[C@H](Cc2ccc(O)cc2)NC(=O)[C@H](Cc2ccccc2)NC(=O)CSC[C@@H](C(=O)NCC(N)=O)NC(=O)[C@H](CO)NC(=O)[C@H](C(C)C)NC1=O. The van der Waals surface area contributed by atoms with Crippen LogP contribution < -0.4 is 108 Å². The monoisotopic (exact) mass is 2020 g/mol. The maximum absolute atomic E-state index is 15.6. The highest BCUT2D eigenvalue weighted by Gasteiger charge is 2.42. The van der Waals surface area contributed by atoms with E-state index < -0.39 is 246 Å². The number of aliphatic carboxylic acids is 1. The predicted octanol–water partition coefficient (Wildman–Crippen LogP) is -1.77. The van der Waals surface area contributed by atoms with Crippen molar-refractivity contribution in [2.24, 2.45) is 40.7 Å². The number of nitrogens with one attached hydrogen (secondary N) is 19. The molecule has 0 spiro atoms.